The molecule has 128 valence electrons. The van der Waals surface area contributed by atoms with E-state index in [1.807, 2.05) is 32.9 Å². The zero-order chi connectivity index (χ0) is 16.9. The molecule has 1 fully saturated rings. The highest BCUT2D eigenvalue weighted by Crippen LogP contribution is 2.15. The van der Waals surface area contributed by atoms with Crippen molar-refractivity contribution in [1.82, 2.24) is 10.2 Å². The number of hydrogen-bond donors (Lipinski definition) is 1. The normalized spacial score (nSPS) is 16.4. The lowest BCUT2D eigenvalue weighted by Crippen LogP contribution is -2.46. The predicted octanol–water partition coefficient (Wildman–Crippen LogP) is 3.36. The summed E-state index contributed by atoms with van der Waals surface area (Å²) >= 11 is 0. The van der Waals surface area contributed by atoms with E-state index in [9.17, 15) is 9.18 Å². The molecule has 1 heterocycles. The zero-order valence-corrected chi connectivity index (χ0v) is 14.3. The smallest absolute Gasteiger partial charge is 0.410 e. The highest BCUT2D eigenvalue weighted by atomic mass is 19.1. The van der Waals surface area contributed by atoms with E-state index in [0.717, 1.165) is 24.9 Å². The molecular formula is C18H27FN2O2. The number of rotatable bonds is 4. The number of likely N-dealkylation sites (tertiary alicyclic amines) is 1. The molecule has 1 aromatic rings. The van der Waals surface area contributed by atoms with Crippen molar-refractivity contribution >= 4 is 6.09 Å². The van der Waals surface area contributed by atoms with Crippen LogP contribution in [0.4, 0.5) is 9.18 Å². The van der Waals surface area contributed by atoms with Crippen molar-refractivity contribution in [3.8, 4) is 0 Å². The quantitative estimate of drug-likeness (QED) is 0.924. The minimum atomic E-state index is -0.452. The van der Waals surface area contributed by atoms with Crippen LogP contribution in [0.2, 0.25) is 0 Å². The third-order valence-corrected chi connectivity index (χ3v) is 3.93. The van der Waals surface area contributed by atoms with E-state index in [1.54, 1.807) is 11.0 Å². The predicted molar refractivity (Wildman–Crippen MR) is 88.9 cm³/mol. The van der Waals surface area contributed by atoms with Gasteiger partial charge in [0.15, 0.2) is 0 Å². The maximum Gasteiger partial charge on any atom is 0.410 e. The van der Waals surface area contributed by atoms with Crippen molar-refractivity contribution in [3.05, 3.63) is 35.6 Å². The summed E-state index contributed by atoms with van der Waals surface area (Å²) in [6.45, 7) is 7.78. The number of benzene rings is 1. The Morgan fingerprint density at radius 1 is 1.30 bits per heavy atom. The molecular weight excluding hydrogens is 295 g/mol. The number of ether oxygens (including phenoxy) is 1. The van der Waals surface area contributed by atoms with Crippen molar-refractivity contribution in [1.29, 1.82) is 0 Å². The highest BCUT2D eigenvalue weighted by molar-refractivity contribution is 5.68. The molecule has 1 aliphatic heterocycles. The van der Waals surface area contributed by atoms with Gasteiger partial charge in [-0.05, 0) is 58.2 Å². The van der Waals surface area contributed by atoms with E-state index in [2.05, 4.69) is 5.32 Å². The average molecular weight is 322 g/mol. The van der Waals surface area contributed by atoms with Gasteiger partial charge in [-0.25, -0.2) is 9.18 Å². The Bertz CT molecular complexity index is 520. The molecule has 0 spiro atoms. The minimum absolute atomic E-state index is 0.144. The number of hydrogen-bond acceptors (Lipinski definition) is 3. The SMILES string of the molecule is CC(C)(C)OC(=O)N1CCC(NCCc2ccccc2F)CC1. The Hall–Kier alpha value is -1.62. The Morgan fingerprint density at radius 2 is 1.96 bits per heavy atom. The molecule has 1 saturated heterocycles. The second-order valence-corrected chi connectivity index (χ2v) is 7.04. The number of nitrogens with zero attached hydrogens (tertiary/aromatic N) is 1. The van der Waals surface area contributed by atoms with Gasteiger partial charge in [0.25, 0.3) is 0 Å². The van der Waals surface area contributed by atoms with E-state index in [0.29, 0.717) is 25.6 Å². The van der Waals surface area contributed by atoms with Crippen molar-refractivity contribution in [2.24, 2.45) is 0 Å². The molecule has 23 heavy (non-hydrogen) atoms. The molecule has 0 bridgehead atoms. The van der Waals surface area contributed by atoms with Gasteiger partial charge >= 0.3 is 6.09 Å². The van der Waals surface area contributed by atoms with Gasteiger partial charge in [-0.1, -0.05) is 18.2 Å². The Morgan fingerprint density at radius 3 is 2.57 bits per heavy atom. The number of carbonyl (C=O) groups excluding carboxylic acids is 1. The minimum Gasteiger partial charge on any atom is -0.444 e. The van der Waals surface area contributed by atoms with Crippen LogP contribution in [0.1, 0.15) is 39.2 Å². The molecule has 4 nitrogen and oxygen atoms in total. The summed E-state index contributed by atoms with van der Waals surface area (Å²) in [5, 5.41) is 3.46. The zero-order valence-electron chi connectivity index (χ0n) is 14.3. The van der Waals surface area contributed by atoms with Gasteiger partial charge in [0, 0.05) is 19.1 Å². The number of carbonyl (C=O) groups is 1. The first kappa shape index (κ1) is 17.7. The Kier molecular flexibility index (Phi) is 5.99. The third kappa shape index (κ3) is 5.82. The standard InChI is InChI=1S/C18H27FN2O2/c1-18(2,3)23-17(22)21-12-9-15(10-13-21)20-11-8-14-6-4-5-7-16(14)19/h4-7,15,20H,8-13H2,1-3H3. The first-order chi connectivity index (χ1) is 10.8. The molecule has 1 N–H and O–H groups in total. The van der Waals surface area contributed by atoms with Gasteiger partial charge in [0.1, 0.15) is 11.4 Å². The molecule has 1 aromatic carbocycles. The monoisotopic (exact) mass is 322 g/mol. The number of nitrogens with one attached hydrogen (secondary N) is 1. The summed E-state index contributed by atoms with van der Waals surface area (Å²) in [4.78, 5) is 13.8. The van der Waals surface area contributed by atoms with Gasteiger partial charge in [-0.3, -0.25) is 0 Å². The van der Waals surface area contributed by atoms with Crippen LogP contribution >= 0.6 is 0 Å². The van der Waals surface area contributed by atoms with E-state index < -0.39 is 5.60 Å². The van der Waals surface area contributed by atoms with Gasteiger partial charge in [-0.15, -0.1) is 0 Å². The first-order valence-electron chi connectivity index (χ1n) is 8.30. The summed E-state index contributed by atoms with van der Waals surface area (Å²) in [6.07, 6.45) is 2.24. The lowest BCUT2D eigenvalue weighted by molar-refractivity contribution is 0.0198. The number of amides is 1. The van der Waals surface area contributed by atoms with Crippen molar-refractivity contribution in [2.45, 2.75) is 51.7 Å². The lowest BCUT2D eigenvalue weighted by Gasteiger charge is -2.33. The van der Waals surface area contributed by atoms with Crippen LogP contribution in [0.25, 0.3) is 0 Å². The van der Waals surface area contributed by atoms with Crippen LogP contribution in [0.5, 0.6) is 0 Å². The second-order valence-electron chi connectivity index (χ2n) is 7.04. The van der Waals surface area contributed by atoms with Gasteiger partial charge in [0.05, 0.1) is 0 Å². The second kappa shape index (κ2) is 7.77. The van der Waals surface area contributed by atoms with Crippen LogP contribution < -0.4 is 5.32 Å². The molecule has 5 heteroatoms. The van der Waals surface area contributed by atoms with Crippen molar-refractivity contribution < 1.29 is 13.9 Å². The third-order valence-electron chi connectivity index (χ3n) is 3.93. The summed E-state index contributed by atoms with van der Waals surface area (Å²) < 4.78 is 18.9. The molecule has 2 rings (SSSR count). The van der Waals surface area contributed by atoms with Crippen LogP contribution in [-0.4, -0.2) is 42.3 Å². The fourth-order valence-corrected chi connectivity index (χ4v) is 2.70. The molecule has 0 saturated carbocycles. The average Bonchev–Trinajstić information content (AvgIpc) is 2.48. The molecule has 0 unspecified atom stereocenters. The Labute approximate surface area is 138 Å². The maximum absolute atomic E-state index is 13.5. The number of piperidine rings is 1. The Balaban J connectivity index is 1.69. The number of halogens is 1. The fourth-order valence-electron chi connectivity index (χ4n) is 2.70. The molecule has 0 radical (unpaired) electrons. The topological polar surface area (TPSA) is 41.6 Å². The molecule has 0 aliphatic carbocycles. The van der Waals surface area contributed by atoms with Gasteiger partial charge < -0.3 is 15.0 Å². The summed E-state index contributed by atoms with van der Waals surface area (Å²) in [7, 11) is 0. The highest BCUT2D eigenvalue weighted by Gasteiger charge is 2.26. The summed E-state index contributed by atoms with van der Waals surface area (Å²) in [6, 6.07) is 7.26. The molecule has 0 atom stereocenters. The van der Waals surface area contributed by atoms with E-state index in [4.69, 9.17) is 4.74 Å². The maximum atomic E-state index is 13.5. The molecule has 0 aromatic heterocycles. The van der Waals surface area contributed by atoms with Crippen molar-refractivity contribution in [3.63, 3.8) is 0 Å². The van der Waals surface area contributed by atoms with E-state index >= 15 is 0 Å². The van der Waals surface area contributed by atoms with Crippen LogP contribution in [0, 0.1) is 5.82 Å². The molecule has 1 aliphatic rings. The van der Waals surface area contributed by atoms with Gasteiger partial charge in [-0.2, -0.15) is 0 Å². The first-order valence-corrected chi connectivity index (χ1v) is 8.30. The summed E-state index contributed by atoms with van der Waals surface area (Å²) in [5.74, 6) is -0.144. The van der Waals surface area contributed by atoms with E-state index in [-0.39, 0.29) is 11.9 Å². The molecule has 1 amide bonds. The van der Waals surface area contributed by atoms with E-state index in [1.165, 1.54) is 6.07 Å². The summed E-state index contributed by atoms with van der Waals surface area (Å²) in [5.41, 5.74) is 0.289. The largest absolute Gasteiger partial charge is 0.444 e. The fraction of sp³-hybridized carbons (Fsp3) is 0.611. The van der Waals surface area contributed by atoms with Crippen molar-refractivity contribution in [2.75, 3.05) is 19.6 Å². The van der Waals surface area contributed by atoms with Crippen LogP contribution in [0.3, 0.4) is 0 Å². The van der Waals surface area contributed by atoms with Gasteiger partial charge in [0.2, 0.25) is 0 Å². The van der Waals surface area contributed by atoms with Crippen LogP contribution in [-0.2, 0) is 11.2 Å². The van der Waals surface area contributed by atoms with Crippen LogP contribution in [0.15, 0.2) is 24.3 Å². The lowest BCUT2D eigenvalue weighted by atomic mass is 10.0.